The third-order valence-electron chi connectivity index (χ3n) is 2.41. The van der Waals surface area contributed by atoms with Gasteiger partial charge in [-0.05, 0) is 25.5 Å². The molecule has 4 nitrogen and oxygen atoms in total. The average molecular weight is 233 g/mol. The van der Waals surface area contributed by atoms with Gasteiger partial charge >= 0.3 is 0 Å². The summed E-state index contributed by atoms with van der Waals surface area (Å²) < 4.78 is 5.22. The smallest absolute Gasteiger partial charge is 0.174 e. The van der Waals surface area contributed by atoms with Crippen LogP contribution in [-0.2, 0) is 6.42 Å². The molecule has 0 radical (unpaired) electrons. The third-order valence-corrected chi connectivity index (χ3v) is 2.41. The van der Waals surface area contributed by atoms with E-state index < -0.39 is 0 Å². The van der Waals surface area contributed by atoms with Crippen LogP contribution >= 0.6 is 0 Å². The minimum atomic E-state index is -0.188. The lowest BCUT2D eigenvalue weighted by Crippen LogP contribution is -2.02. The molecule has 90 valence electrons. The number of aromatic hydroxyl groups is 1. The highest BCUT2D eigenvalue weighted by Gasteiger charge is 2.15. The number of phenols is 1. The van der Waals surface area contributed by atoms with Crippen molar-refractivity contribution in [3.63, 3.8) is 0 Å². The monoisotopic (exact) mass is 233 g/mol. The molecule has 1 N–H and O–H groups in total. The summed E-state index contributed by atoms with van der Waals surface area (Å²) in [5.74, 6) is 0.248. The van der Waals surface area contributed by atoms with E-state index in [2.05, 4.69) is 0 Å². The number of benzene rings is 1. The van der Waals surface area contributed by atoms with E-state index in [1.165, 1.54) is 13.0 Å². The molecule has 0 fully saturated rings. The van der Waals surface area contributed by atoms with Crippen LogP contribution in [0.25, 0.3) is 0 Å². The summed E-state index contributed by atoms with van der Waals surface area (Å²) in [7, 11) is 0. The Hall–Kier alpha value is -2.02. The lowest BCUT2D eigenvalue weighted by molar-refractivity contribution is 0.101. The van der Waals surface area contributed by atoms with Crippen LogP contribution in [0.4, 0.5) is 0 Å². The first-order chi connectivity index (χ1) is 8.11. The fraction of sp³-hybridized carbons (Fsp3) is 0.385. The second-order valence-electron chi connectivity index (χ2n) is 3.69. The number of ether oxygens (including phenoxy) is 1. The first kappa shape index (κ1) is 13.0. The molecule has 0 aliphatic rings. The zero-order valence-corrected chi connectivity index (χ0v) is 9.99. The summed E-state index contributed by atoms with van der Waals surface area (Å²) in [4.78, 5) is 11.3. The Bertz CT molecular complexity index is 460. The van der Waals surface area contributed by atoms with Gasteiger partial charge in [0.05, 0.1) is 5.56 Å². The second kappa shape index (κ2) is 5.90. The number of Topliss-reactive ketones (excluding diaryl/α,β-unsaturated/α-hetero) is 1. The number of ketones is 1. The van der Waals surface area contributed by atoms with E-state index in [-0.39, 0.29) is 23.7 Å². The Balaban J connectivity index is 3.19. The molecule has 4 heteroatoms. The highest BCUT2D eigenvalue weighted by atomic mass is 16.5. The molecular formula is C13H15NO3. The molecular weight excluding hydrogens is 218 g/mol. The van der Waals surface area contributed by atoms with Gasteiger partial charge in [-0.1, -0.05) is 13.3 Å². The Labute approximate surface area is 100 Å². The summed E-state index contributed by atoms with van der Waals surface area (Å²) in [5, 5.41) is 18.5. The van der Waals surface area contributed by atoms with Gasteiger partial charge in [0.25, 0.3) is 0 Å². The van der Waals surface area contributed by atoms with E-state index in [0.29, 0.717) is 17.7 Å². The Kier molecular flexibility index (Phi) is 4.53. The van der Waals surface area contributed by atoms with Crippen molar-refractivity contribution in [3.05, 3.63) is 23.3 Å². The van der Waals surface area contributed by atoms with Crippen LogP contribution in [0.2, 0.25) is 0 Å². The Morgan fingerprint density at radius 2 is 2.24 bits per heavy atom. The SMILES string of the molecule is CCCc1c(OCC#N)ccc(C(C)=O)c1O. The molecule has 0 unspecified atom stereocenters. The molecule has 0 heterocycles. The molecule has 0 spiro atoms. The number of nitrogens with zero attached hydrogens (tertiary/aromatic N) is 1. The molecule has 1 rings (SSSR count). The normalized spacial score (nSPS) is 9.71. The Morgan fingerprint density at radius 3 is 2.76 bits per heavy atom. The zero-order valence-electron chi connectivity index (χ0n) is 9.99. The lowest BCUT2D eigenvalue weighted by Gasteiger charge is -2.12. The van der Waals surface area contributed by atoms with Crippen molar-refractivity contribution in [2.75, 3.05) is 6.61 Å². The summed E-state index contributed by atoms with van der Waals surface area (Å²) >= 11 is 0. The number of rotatable bonds is 5. The highest BCUT2D eigenvalue weighted by Crippen LogP contribution is 2.32. The van der Waals surface area contributed by atoms with Crippen molar-refractivity contribution in [2.24, 2.45) is 0 Å². The van der Waals surface area contributed by atoms with Crippen molar-refractivity contribution >= 4 is 5.78 Å². The van der Waals surface area contributed by atoms with E-state index in [1.807, 2.05) is 13.0 Å². The summed E-state index contributed by atoms with van der Waals surface area (Å²) in [5.41, 5.74) is 0.883. The van der Waals surface area contributed by atoms with Crippen molar-refractivity contribution < 1.29 is 14.6 Å². The zero-order chi connectivity index (χ0) is 12.8. The van der Waals surface area contributed by atoms with Gasteiger partial charge in [-0.15, -0.1) is 0 Å². The molecule has 0 aliphatic heterocycles. The summed E-state index contributed by atoms with van der Waals surface area (Å²) in [6.45, 7) is 3.30. The van der Waals surface area contributed by atoms with Gasteiger partial charge in [0, 0.05) is 5.56 Å². The third kappa shape index (κ3) is 2.97. The van der Waals surface area contributed by atoms with Crippen LogP contribution in [0.5, 0.6) is 11.5 Å². The number of hydrogen-bond donors (Lipinski definition) is 1. The molecule has 0 saturated carbocycles. The molecule has 0 bridgehead atoms. The van der Waals surface area contributed by atoms with Crippen molar-refractivity contribution in [2.45, 2.75) is 26.7 Å². The number of carbonyl (C=O) groups is 1. The van der Waals surface area contributed by atoms with Crippen molar-refractivity contribution in [3.8, 4) is 17.6 Å². The van der Waals surface area contributed by atoms with Crippen molar-refractivity contribution in [1.82, 2.24) is 0 Å². The number of carbonyl (C=O) groups excluding carboxylic acids is 1. The van der Waals surface area contributed by atoms with Gasteiger partial charge in [0.15, 0.2) is 12.4 Å². The molecule has 0 atom stereocenters. The number of hydrogen-bond acceptors (Lipinski definition) is 4. The topological polar surface area (TPSA) is 70.3 Å². The minimum Gasteiger partial charge on any atom is -0.507 e. The maximum Gasteiger partial charge on any atom is 0.174 e. The number of nitriles is 1. The van der Waals surface area contributed by atoms with Crippen LogP contribution in [0.15, 0.2) is 12.1 Å². The predicted molar refractivity (Wildman–Crippen MR) is 63.2 cm³/mol. The standard InChI is InChI=1S/C13H15NO3/c1-3-4-11-12(17-8-7-14)6-5-10(9(2)15)13(11)16/h5-6,16H,3-4,8H2,1-2H3. The first-order valence-corrected chi connectivity index (χ1v) is 5.47. The van der Waals surface area contributed by atoms with E-state index in [9.17, 15) is 9.90 Å². The van der Waals surface area contributed by atoms with Gasteiger partial charge in [0.1, 0.15) is 17.6 Å². The maximum atomic E-state index is 11.3. The quantitative estimate of drug-likeness (QED) is 0.793. The first-order valence-electron chi connectivity index (χ1n) is 5.47. The maximum absolute atomic E-state index is 11.3. The summed E-state index contributed by atoms with van der Waals surface area (Å²) in [6, 6.07) is 5.01. The molecule has 0 aromatic heterocycles. The van der Waals surface area contributed by atoms with Crippen LogP contribution in [0.3, 0.4) is 0 Å². The van der Waals surface area contributed by atoms with Gasteiger partial charge in [0.2, 0.25) is 0 Å². The van der Waals surface area contributed by atoms with Gasteiger partial charge in [-0.2, -0.15) is 5.26 Å². The van der Waals surface area contributed by atoms with Crippen molar-refractivity contribution in [1.29, 1.82) is 5.26 Å². The minimum absolute atomic E-state index is 0.0326. The van der Waals surface area contributed by atoms with Crippen LogP contribution in [0, 0.1) is 11.3 Å². The second-order valence-corrected chi connectivity index (χ2v) is 3.69. The molecule has 17 heavy (non-hydrogen) atoms. The van der Waals surface area contributed by atoms with E-state index >= 15 is 0 Å². The van der Waals surface area contributed by atoms with Crippen LogP contribution < -0.4 is 4.74 Å². The van der Waals surface area contributed by atoms with E-state index in [4.69, 9.17) is 10.00 Å². The fourth-order valence-corrected chi connectivity index (χ4v) is 1.64. The van der Waals surface area contributed by atoms with Gasteiger partial charge in [-0.25, -0.2) is 0 Å². The lowest BCUT2D eigenvalue weighted by atomic mass is 10.0. The number of phenolic OH excluding ortho intramolecular Hbond substituents is 1. The van der Waals surface area contributed by atoms with Gasteiger partial charge < -0.3 is 9.84 Å². The van der Waals surface area contributed by atoms with Gasteiger partial charge in [-0.3, -0.25) is 4.79 Å². The highest BCUT2D eigenvalue weighted by molar-refractivity contribution is 5.97. The van der Waals surface area contributed by atoms with Crippen LogP contribution in [-0.4, -0.2) is 17.5 Å². The molecule has 1 aromatic rings. The fourth-order valence-electron chi connectivity index (χ4n) is 1.64. The summed E-state index contributed by atoms with van der Waals surface area (Å²) in [6.07, 6.45) is 1.42. The molecule has 0 saturated heterocycles. The molecule has 1 aromatic carbocycles. The molecule has 0 aliphatic carbocycles. The van der Waals surface area contributed by atoms with Crippen LogP contribution in [0.1, 0.15) is 36.2 Å². The largest absolute Gasteiger partial charge is 0.507 e. The Morgan fingerprint density at radius 1 is 1.53 bits per heavy atom. The molecule has 0 amide bonds. The average Bonchev–Trinajstić information content (AvgIpc) is 2.29. The predicted octanol–water partition coefficient (Wildman–Crippen LogP) is 2.45. The van der Waals surface area contributed by atoms with E-state index in [0.717, 1.165) is 6.42 Å². The van der Waals surface area contributed by atoms with E-state index in [1.54, 1.807) is 6.07 Å².